The molecule has 0 saturated heterocycles. The van der Waals surface area contributed by atoms with Crippen LogP contribution in [0.3, 0.4) is 0 Å². The number of fused-ring (bicyclic) bond motifs is 1. The molecule has 1 amide bonds. The number of amides is 1. The van der Waals surface area contributed by atoms with Crippen molar-refractivity contribution in [1.29, 1.82) is 0 Å². The second-order valence-electron chi connectivity index (χ2n) is 4.06. The summed E-state index contributed by atoms with van der Waals surface area (Å²) in [6.07, 6.45) is 6.96. The van der Waals surface area contributed by atoms with Crippen LogP contribution in [0, 0.1) is 0 Å². The Morgan fingerprint density at radius 2 is 2.00 bits per heavy atom. The maximum absolute atomic E-state index is 11.3. The third-order valence-electron chi connectivity index (χ3n) is 2.48. The van der Waals surface area contributed by atoms with Crippen molar-refractivity contribution in [1.82, 2.24) is 4.90 Å². The van der Waals surface area contributed by atoms with Gasteiger partial charge in [0.1, 0.15) is 0 Å². The summed E-state index contributed by atoms with van der Waals surface area (Å²) in [5.41, 5.74) is 1.00. The molecule has 0 saturated carbocycles. The standard InChI is InChI=1S/C14H15NO3/c1-15(2)14(16)6-4-3-5-11-7-8-12-13(9-11)18-10-17-12/h3-9H,10H2,1-2H3. The van der Waals surface area contributed by atoms with E-state index in [1.54, 1.807) is 20.2 Å². The number of benzene rings is 1. The molecular weight excluding hydrogens is 230 g/mol. The van der Waals surface area contributed by atoms with Crippen LogP contribution in [0.25, 0.3) is 6.08 Å². The van der Waals surface area contributed by atoms with Gasteiger partial charge in [-0.15, -0.1) is 0 Å². The predicted molar refractivity (Wildman–Crippen MR) is 69.4 cm³/mol. The largest absolute Gasteiger partial charge is 0.454 e. The van der Waals surface area contributed by atoms with Crippen molar-refractivity contribution in [3.05, 3.63) is 42.0 Å². The molecule has 1 heterocycles. The lowest BCUT2D eigenvalue weighted by Crippen LogP contribution is -2.18. The van der Waals surface area contributed by atoms with Crippen molar-refractivity contribution in [3.63, 3.8) is 0 Å². The summed E-state index contributed by atoms with van der Waals surface area (Å²) in [5, 5.41) is 0. The molecule has 0 fully saturated rings. The highest BCUT2D eigenvalue weighted by Gasteiger charge is 2.11. The van der Waals surface area contributed by atoms with Crippen LogP contribution in [0.2, 0.25) is 0 Å². The Morgan fingerprint density at radius 3 is 2.78 bits per heavy atom. The lowest BCUT2D eigenvalue weighted by molar-refractivity contribution is -0.123. The number of hydrogen-bond acceptors (Lipinski definition) is 3. The molecule has 4 nitrogen and oxygen atoms in total. The van der Waals surface area contributed by atoms with Gasteiger partial charge >= 0.3 is 0 Å². The lowest BCUT2D eigenvalue weighted by Gasteiger charge is -2.04. The number of hydrogen-bond donors (Lipinski definition) is 0. The molecular formula is C14H15NO3. The van der Waals surface area contributed by atoms with Crippen molar-refractivity contribution >= 4 is 12.0 Å². The van der Waals surface area contributed by atoms with E-state index in [1.807, 2.05) is 30.4 Å². The zero-order valence-electron chi connectivity index (χ0n) is 10.4. The van der Waals surface area contributed by atoms with Crippen molar-refractivity contribution < 1.29 is 14.3 Å². The van der Waals surface area contributed by atoms with E-state index in [1.165, 1.54) is 11.0 Å². The van der Waals surface area contributed by atoms with Crippen LogP contribution in [0.5, 0.6) is 11.5 Å². The molecule has 94 valence electrons. The molecule has 0 N–H and O–H groups in total. The fraction of sp³-hybridized carbons (Fsp3) is 0.214. The molecule has 1 aliphatic rings. The van der Waals surface area contributed by atoms with E-state index in [2.05, 4.69) is 0 Å². The van der Waals surface area contributed by atoms with Crippen molar-refractivity contribution in [3.8, 4) is 11.5 Å². The minimum absolute atomic E-state index is 0.0367. The Labute approximate surface area is 106 Å². The molecule has 2 rings (SSSR count). The molecule has 0 atom stereocenters. The van der Waals surface area contributed by atoms with E-state index in [-0.39, 0.29) is 12.7 Å². The van der Waals surface area contributed by atoms with E-state index in [0.29, 0.717) is 0 Å². The number of nitrogens with zero attached hydrogens (tertiary/aromatic N) is 1. The van der Waals surface area contributed by atoms with Crippen LogP contribution >= 0.6 is 0 Å². The molecule has 0 bridgehead atoms. The Balaban J connectivity index is 1.99. The summed E-state index contributed by atoms with van der Waals surface area (Å²) in [4.78, 5) is 12.8. The normalized spacial score (nSPS) is 13.4. The average Bonchev–Trinajstić information content (AvgIpc) is 2.81. The van der Waals surface area contributed by atoms with E-state index < -0.39 is 0 Å². The van der Waals surface area contributed by atoms with Crippen LogP contribution < -0.4 is 9.47 Å². The summed E-state index contributed by atoms with van der Waals surface area (Å²) in [5.74, 6) is 1.49. The summed E-state index contributed by atoms with van der Waals surface area (Å²) >= 11 is 0. The number of rotatable bonds is 3. The van der Waals surface area contributed by atoms with Gasteiger partial charge in [0.2, 0.25) is 12.7 Å². The van der Waals surface area contributed by atoms with Crippen molar-refractivity contribution in [2.24, 2.45) is 0 Å². The van der Waals surface area contributed by atoms with Gasteiger partial charge in [-0.05, 0) is 17.7 Å². The van der Waals surface area contributed by atoms with Crippen LogP contribution in [-0.4, -0.2) is 31.7 Å². The fourth-order valence-electron chi connectivity index (χ4n) is 1.47. The highest BCUT2D eigenvalue weighted by atomic mass is 16.7. The van der Waals surface area contributed by atoms with Crippen LogP contribution in [0.4, 0.5) is 0 Å². The number of likely N-dealkylation sites (N-methyl/N-ethyl adjacent to an activating group) is 1. The second kappa shape index (κ2) is 5.40. The van der Waals surface area contributed by atoms with Gasteiger partial charge in [0, 0.05) is 20.2 Å². The molecule has 1 aromatic rings. The first kappa shape index (κ1) is 12.2. The number of allylic oxidation sites excluding steroid dienone is 2. The Hall–Kier alpha value is -2.23. The zero-order valence-corrected chi connectivity index (χ0v) is 10.4. The monoisotopic (exact) mass is 245 g/mol. The minimum atomic E-state index is -0.0367. The highest BCUT2D eigenvalue weighted by Crippen LogP contribution is 2.32. The van der Waals surface area contributed by atoms with Gasteiger partial charge in [-0.3, -0.25) is 4.79 Å². The first-order chi connectivity index (χ1) is 8.66. The summed E-state index contributed by atoms with van der Waals surface area (Å²) in [7, 11) is 3.43. The average molecular weight is 245 g/mol. The van der Waals surface area contributed by atoms with Crippen molar-refractivity contribution in [2.75, 3.05) is 20.9 Å². The Kier molecular flexibility index (Phi) is 3.67. The molecule has 1 aliphatic heterocycles. The van der Waals surface area contributed by atoms with Crippen LogP contribution in [-0.2, 0) is 4.79 Å². The van der Waals surface area contributed by atoms with Crippen LogP contribution in [0.1, 0.15) is 5.56 Å². The SMILES string of the molecule is CN(C)C(=O)C=CC=Cc1ccc2c(c1)OCO2. The van der Waals surface area contributed by atoms with E-state index in [4.69, 9.17) is 9.47 Å². The summed E-state index contributed by atoms with van der Waals surface area (Å²) in [6.45, 7) is 0.278. The first-order valence-corrected chi connectivity index (χ1v) is 5.62. The van der Waals surface area contributed by atoms with E-state index in [9.17, 15) is 4.79 Å². The zero-order chi connectivity index (χ0) is 13.0. The fourth-order valence-corrected chi connectivity index (χ4v) is 1.47. The van der Waals surface area contributed by atoms with Gasteiger partial charge in [-0.1, -0.05) is 24.3 Å². The number of carbonyl (C=O) groups is 1. The molecule has 18 heavy (non-hydrogen) atoms. The van der Waals surface area contributed by atoms with E-state index in [0.717, 1.165) is 17.1 Å². The maximum Gasteiger partial charge on any atom is 0.246 e. The van der Waals surface area contributed by atoms with Gasteiger partial charge in [0.15, 0.2) is 11.5 Å². The quantitative estimate of drug-likeness (QED) is 0.604. The third kappa shape index (κ3) is 2.91. The summed E-state index contributed by atoms with van der Waals surface area (Å²) in [6, 6.07) is 5.71. The molecule has 0 spiro atoms. The van der Waals surface area contributed by atoms with Gasteiger partial charge in [0.25, 0.3) is 0 Å². The maximum atomic E-state index is 11.3. The Bertz CT molecular complexity index is 504. The smallest absolute Gasteiger partial charge is 0.246 e. The third-order valence-corrected chi connectivity index (χ3v) is 2.48. The number of carbonyl (C=O) groups excluding carboxylic acids is 1. The van der Waals surface area contributed by atoms with Gasteiger partial charge in [-0.25, -0.2) is 0 Å². The predicted octanol–water partition coefficient (Wildman–Crippen LogP) is 2.07. The molecule has 0 aromatic heterocycles. The number of ether oxygens (including phenoxy) is 2. The first-order valence-electron chi connectivity index (χ1n) is 5.62. The van der Waals surface area contributed by atoms with E-state index >= 15 is 0 Å². The molecule has 0 radical (unpaired) electrons. The Morgan fingerprint density at radius 1 is 1.22 bits per heavy atom. The van der Waals surface area contributed by atoms with Gasteiger partial charge in [0.05, 0.1) is 0 Å². The molecule has 1 aromatic carbocycles. The van der Waals surface area contributed by atoms with Gasteiger partial charge in [-0.2, -0.15) is 0 Å². The molecule has 0 unspecified atom stereocenters. The molecule has 4 heteroatoms. The topological polar surface area (TPSA) is 38.8 Å². The van der Waals surface area contributed by atoms with Gasteiger partial charge < -0.3 is 14.4 Å². The lowest BCUT2D eigenvalue weighted by atomic mass is 10.2. The van der Waals surface area contributed by atoms with Crippen LogP contribution in [0.15, 0.2) is 36.4 Å². The van der Waals surface area contributed by atoms with Crippen molar-refractivity contribution in [2.45, 2.75) is 0 Å². The highest BCUT2D eigenvalue weighted by molar-refractivity contribution is 5.87. The second-order valence-corrected chi connectivity index (χ2v) is 4.06. The summed E-state index contributed by atoms with van der Waals surface area (Å²) < 4.78 is 10.5. The molecule has 0 aliphatic carbocycles. The minimum Gasteiger partial charge on any atom is -0.454 e.